The Morgan fingerprint density at radius 3 is 2.40 bits per heavy atom. The van der Waals surface area contributed by atoms with Crippen LogP contribution in [0.1, 0.15) is 25.0 Å². The summed E-state index contributed by atoms with van der Waals surface area (Å²) in [5, 5.41) is 42.7. The second kappa shape index (κ2) is 8.42. The lowest BCUT2D eigenvalue weighted by molar-refractivity contribution is -0.111. The number of allylic oxidation sites excluding steroid dienone is 1. The van der Waals surface area contributed by atoms with Gasteiger partial charge in [-0.1, -0.05) is 0 Å². The molecular formula is C25H26FN3O6. The van der Waals surface area contributed by atoms with Crippen molar-refractivity contribution in [3.8, 4) is 0 Å². The number of rotatable bonds is 4. The topological polar surface area (TPSA) is 135 Å². The summed E-state index contributed by atoms with van der Waals surface area (Å²) in [6.45, 7) is 2.84. The molecular weight excluding hydrogens is 457 g/mol. The Labute approximate surface area is 200 Å². The van der Waals surface area contributed by atoms with Gasteiger partial charge in [-0.25, -0.2) is 9.37 Å². The summed E-state index contributed by atoms with van der Waals surface area (Å²) < 4.78 is 20.0. The van der Waals surface area contributed by atoms with Crippen molar-refractivity contribution < 1.29 is 34.3 Å². The number of aromatic nitrogens is 1. The van der Waals surface area contributed by atoms with E-state index in [-0.39, 0.29) is 11.5 Å². The first-order valence-corrected chi connectivity index (χ1v) is 11.3. The molecule has 1 amide bonds. The number of carbonyl (C=O) groups is 1. The van der Waals surface area contributed by atoms with Crippen molar-refractivity contribution in [1.82, 2.24) is 4.98 Å². The SMILES string of the molecule is CC1(C)O/C(=C2/C(=O)Nc3ccc(F)cc32)C=C1c1ccc(N2[C@H](CO)[C@@H](O)[C@H](O)[C@@H]2CO)nc1. The Balaban J connectivity index is 1.51. The molecule has 4 heterocycles. The molecule has 5 N–H and O–H groups in total. The highest BCUT2D eigenvalue weighted by molar-refractivity contribution is 6.32. The molecule has 9 nitrogen and oxygen atoms in total. The minimum atomic E-state index is -1.23. The Morgan fingerprint density at radius 2 is 1.80 bits per heavy atom. The molecule has 1 aromatic carbocycles. The van der Waals surface area contributed by atoms with Crippen LogP contribution in [0.3, 0.4) is 0 Å². The Hall–Kier alpha value is -3.31. The summed E-state index contributed by atoms with van der Waals surface area (Å²) in [5.41, 5.74) is 1.83. The molecule has 0 bridgehead atoms. The summed E-state index contributed by atoms with van der Waals surface area (Å²) in [5.74, 6) is -0.141. The molecule has 3 aliphatic rings. The van der Waals surface area contributed by atoms with E-state index < -0.39 is 48.9 Å². The molecule has 1 fully saturated rings. The first-order chi connectivity index (χ1) is 16.7. The minimum Gasteiger partial charge on any atom is -0.482 e. The number of nitrogens with one attached hydrogen (secondary N) is 1. The number of anilines is 2. The summed E-state index contributed by atoms with van der Waals surface area (Å²) in [6, 6.07) is 5.89. The van der Waals surface area contributed by atoms with E-state index in [0.29, 0.717) is 28.4 Å². The minimum absolute atomic E-state index is 0.253. The molecule has 4 atom stereocenters. The standard InChI is InChI=1S/C25H26FN3O6/c1-25(2)15(8-19(35-25)21-14-7-13(26)4-5-16(14)28-24(21)34)12-3-6-20(27-9-12)29-17(10-30)22(32)23(33)18(29)11-31/h3-9,17-18,22-23,30-33H,10-11H2,1-2H3,(H,28,34)/b21-19+/t17-,18+,22-,23-/m1/s1. The van der Waals surface area contributed by atoms with Crippen LogP contribution in [0.2, 0.25) is 0 Å². The lowest BCUT2D eigenvalue weighted by atomic mass is 9.93. The molecule has 10 heteroatoms. The van der Waals surface area contributed by atoms with Crippen molar-refractivity contribution in [2.75, 3.05) is 23.4 Å². The van der Waals surface area contributed by atoms with Gasteiger partial charge < -0.3 is 35.4 Å². The van der Waals surface area contributed by atoms with Crippen molar-refractivity contribution in [3.63, 3.8) is 0 Å². The fourth-order valence-corrected chi connectivity index (χ4v) is 5.06. The van der Waals surface area contributed by atoms with Gasteiger partial charge in [0.15, 0.2) is 0 Å². The monoisotopic (exact) mass is 483 g/mol. The lowest BCUT2D eigenvalue weighted by Gasteiger charge is -2.30. The van der Waals surface area contributed by atoms with Crippen molar-refractivity contribution in [3.05, 3.63) is 65.3 Å². The highest BCUT2D eigenvalue weighted by Gasteiger charge is 2.47. The number of pyridine rings is 1. The zero-order chi connectivity index (χ0) is 25.1. The quantitative estimate of drug-likeness (QED) is 0.407. The molecule has 0 unspecified atom stereocenters. The number of fused-ring (bicyclic) bond motifs is 1. The first-order valence-electron chi connectivity index (χ1n) is 11.3. The van der Waals surface area contributed by atoms with Crippen molar-refractivity contribution in [2.45, 2.75) is 43.7 Å². The molecule has 1 saturated heterocycles. The van der Waals surface area contributed by atoms with Crippen LogP contribution in [0, 0.1) is 5.82 Å². The van der Waals surface area contributed by atoms with Crippen LogP contribution in [0.4, 0.5) is 15.9 Å². The zero-order valence-electron chi connectivity index (χ0n) is 19.1. The van der Waals surface area contributed by atoms with E-state index in [2.05, 4.69) is 10.3 Å². The van der Waals surface area contributed by atoms with E-state index in [1.807, 2.05) is 13.8 Å². The number of hydrogen-bond donors (Lipinski definition) is 5. The number of aliphatic hydroxyl groups is 4. The second-order valence-corrected chi connectivity index (χ2v) is 9.35. The van der Waals surface area contributed by atoms with Crippen LogP contribution in [0.5, 0.6) is 0 Å². The predicted molar refractivity (Wildman–Crippen MR) is 126 cm³/mol. The number of amides is 1. The van der Waals surface area contributed by atoms with E-state index >= 15 is 0 Å². The lowest BCUT2D eigenvalue weighted by Crippen LogP contribution is -2.43. The summed E-state index contributed by atoms with van der Waals surface area (Å²) in [4.78, 5) is 18.6. The average molecular weight is 483 g/mol. The van der Waals surface area contributed by atoms with E-state index in [1.54, 1.807) is 24.4 Å². The third-order valence-corrected chi connectivity index (χ3v) is 6.81. The third-order valence-electron chi connectivity index (χ3n) is 6.81. The van der Waals surface area contributed by atoms with Crippen LogP contribution >= 0.6 is 0 Å². The van der Waals surface area contributed by atoms with Gasteiger partial charge >= 0.3 is 0 Å². The summed E-state index contributed by atoms with van der Waals surface area (Å²) in [7, 11) is 0. The van der Waals surface area contributed by atoms with Crippen LogP contribution in [0.15, 0.2) is 48.4 Å². The molecule has 1 aromatic heterocycles. The number of hydrogen-bond acceptors (Lipinski definition) is 8. The maximum Gasteiger partial charge on any atom is 0.260 e. The Morgan fingerprint density at radius 1 is 1.11 bits per heavy atom. The van der Waals surface area contributed by atoms with E-state index in [9.17, 15) is 29.6 Å². The fraction of sp³-hybridized carbons (Fsp3) is 0.360. The molecule has 0 aliphatic carbocycles. The van der Waals surface area contributed by atoms with Crippen molar-refractivity contribution in [2.24, 2.45) is 0 Å². The molecule has 3 aliphatic heterocycles. The Kier molecular flexibility index (Phi) is 5.64. The second-order valence-electron chi connectivity index (χ2n) is 9.35. The zero-order valence-corrected chi connectivity index (χ0v) is 19.1. The summed E-state index contributed by atoms with van der Waals surface area (Å²) >= 11 is 0. The molecule has 35 heavy (non-hydrogen) atoms. The molecule has 5 rings (SSSR count). The highest BCUT2D eigenvalue weighted by Crippen LogP contribution is 2.44. The van der Waals surface area contributed by atoms with Crippen LogP contribution < -0.4 is 10.2 Å². The summed E-state index contributed by atoms with van der Waals surface area (Å²) in [6.07, 6.45) is 0.857. The molecule has 0 radical (unpaired) electrons. The van der Waals surface area contributed by atoms with Crippen LogP contribution in [0.25, 0.3) is 11.1 Å². The predicted octanol–water partition coefficient (Wildman–Crippen LogP) is 1.04. The maximum absolute atomic E-state index is 13.9. The average Bonchev–Trinajstić information content (AvgIpc) is 3.41. The largest absolute Gasteiger partial charge is 0.482 e. The van der Waals surface area contributed by atoms with Crippen molar-refractivity contribution >= 4 is 28.6 Å². The van der Waals surface area contributed by atoms with Gasteiger partial charge in [0.05, 0.1) is 30.9 Å². The normalized spacial score (nSPS) is 29.2. The smallest absolute Gasteiger partial charge is 0.260 e. The van der Waals surface area contributed by atoms with Gasteiger partial charge in [-0.15, -0.1) is 0 Å². The van der Waals surface area contributed by atoms with Crippen LogP contribution in [-0.2, 0) is 9.53 Å². The number of benzene rings is 1. The first kappa shape index (κ1) is 23.4. The Bertz CT molecular complexity index is 1230. The number of nitrogens with zero attached hydrogens (tertiary/aromatic N) is 2. The van der Waals surface area contributed by atoms with Gasteiger partial charge in [0.25, 0.3) is 5.91 Å². The van der Waals surface area contributed by atoms with Crippen molar-refractivity contribution in [1.29, 1.82) is 0 Å². The van der Waals surface area contributed by atoms with Gasteiger partial charge in [-0.2, -0.15) is 0 Å². The molecule has 184 valence electrons. The van der Waals surface area contributed by atoms with Gasteiger partial charge in [0, 0.05) is 28.6 Å². The molecule has 0 saturated carbocycles. The fourth-order valence-electron chi connectivity index (χ4n) is 5.06. The van der Waals surface area contributed by atoms with Gasteiger partial charge in [0.2, 0.25) is 0 Å². The number of halogens is 1. The number of carbonyl (C=O) groups excluding carboxylic acids is 1. The number of aliphatic hydroxyl groups excluding tert-OH is 4. The van der Waals surface area contributed by atoms with E-state index in [4.69, 9.17) is 4.74 Å². The highest BCUT2D eigenvalue weighted by atomic mass is 19.1. The van der Waals surface area contributed by atoms with E-state index in [0.717, 1.165) is 5.57 Å². The van der Waals surface area contributed by atoms with Crippen LogP contribution in [-0.4, -0.2) is 74.4 Å². The number of ether oxygens (including phenoxy) is 1. The molecule has 2 aromatic rings. The van der Waals surface area contributed by atoms with Gasteiger partial charge in [0.1, 0.15) is 35.2 Å². The van der Waals surface area contributed by atoms with Gasteiger partial charge in [-0.05, 0) is 50.3 Å². The van der Waals surface area contributed by atoms with Gasteiger partial charge in [-0.3, -0.25) is 4.79 Å². The molecule has 0 spiro atoms. The van der Waals surface area contributed by atoms with E-state index in [1.165, 1.54) is 23.1 Å². The maximum atomic E-state index is 13.9. The third kappa shape index (κ3) is 3.69.